The molecule has 2 N–H and O–H groups in total. The lowest BCUT2D eigenvalue weighted by Crippen LogP contribution is -3.16. The summed E-state index contributed by atoms with van der Waals surface area (Å²) in [5.74, 6) is 0. The minimum absolute atomic E-state index is 1.09. The Kier molecular flexibility index (Phi) is 6.97. The van der Waals surface area contributed by atoms with Gasteiger partial charge in [-0.05, 0) is 18.4 Å². The maximum atomic E-state index is 2.28. The van der Waals surface area contributed by atoms with E-state index in [0.29, 0.717) is 0 Å². The van der Waals surface area contributed by atoms with Gasteiger partial charge in [-0.15, -0.1) is 11.8 Å². The van der Waals surface area contributed by atoms with E-state index in [9.17, 15) is 0 Å². The van der Waals surface area contributed by atoms with Crippen LogP contribution in [0.3, 0.4) is 0 Å². The predicted octanol–water partition coefficient (Wildman–Crippen LogP) is 1.14. The molecule has 0 saturated carbocycles. The Hall–Kier alpha value is -1.29. The van der Waals surface area contributed by atoms with E-state index in [1.54, 1.807) is 16.7 Å². The van der Waals surface area contributed by atoms with E-state index in [4.69, 9.17) is 0 Å². The highest BCUT2D eigenvalue weighted by molar-refractivity contribution is 7.98. The van der Waals surface area contributed by atoms with Gasteiger partial charge in [0.2, 0.25) is 0 Å². The third kappa shape index (κ3) is 5.84. The first-order valence-corrected chi connectivity index (χ1v) is 9.19. The standard InChI is InChI=1S/C19H26N2S/c1-20(2)13-14-21(15-17-7-5-4-6-8-17)16-18-9-11-19(22-3)12-10-18/h4-12H,13-16H2,1-3H3/p+2. The fourth-order valence-electron chi connectivity index (χ4n) is 2.58. The Bertz CT molecular complexity index is 537. The SMILES string of the molecule is CSc1ccc(C[NH+](CC[NH+](C)C)Cc2ccccc2)cc1. The van der Waals surface area contributed by atoms with Gasteiger partial charge < -0.3 is 9.80 Å². The topological polar surface area (TPSA) is 8.88 Å². The number of hydrogen-bond donors (Lipinski definition) is 2. The number of benzene rings is 2. The highest BCUT2D eigenvalue weighted by Crippen LogP contribution is 2.14. The van der Waals surface area contributed by atoms with Gasteiger partial charge in [0.05, 0.1) is 14.1 Å². The van der Waals surface area contributed by atoms with Crippen LogP contribution in [0.5, 0.6) is 0 Å². The van der Waals surface area contributed by atoms with Crippen LogP contribution in [0.15, 0.2) is 59.5 Å². The zero-order chi connectivity index (χ0) is 15.8. The molecule has 2 rings (SSSR count). The van der Waals surface area contributed by atoms with Crippen LogP contribution in [0.2, 0.25) is 0 Å². The van der Waals surface area contributed by atoms with E-state index >= 15 is 0 Å². The Labute approximate surface area is 139 Å². The Morgan fingerprint density at radius 2 is 1.36 bits per heavy atom. The summed E-state index contributed by atoms with van der Waals surface area (Å²) in [6.45, 7) is 4.59. The molecule has 1 atom stereocenters. The molecule has 2 aromatic carbocycles. The summed E-state index contributed by atoms with van der Waals surface area (Å²) >= 11 is 1.80. The van der Waals surface area contributed by atoms with Crippen LogP contribution < -0.4 is 9.80 Å². The zero-order valence-corrected chi connectivity index (χ0v) is 14.7. The van der Waals surface area contributed by atoms with E-state index in [0.717, 1.165) is 13.1 Å². The second kappa shape index (κ2) is 8.99. The first kappa shape index (κ1) is 17.1. The van der Waals surface area contributed by atoms with Crippen molar-refractivity contribution in [1.82, 2.24) is 0 Å². The van der Waals surface area contributed by atoms with Gasteiger partial charge in [-0.3, -0.25) is 0 Å². The fourth-order valence-corrected chi connectivity index (χ4v) is 2.99. The van der Waals surface area contributed by atoms with Crippen molar-refractivity contribution in [2.45, 2.75) is 18.0 Å². The Morgan fingerprint density at radius 3 is 1.91 bits per heavy atom. The van der Waals surface area contributed by atoms with Gasteiger partial charge in [-0.25, -0.2) is 0 Å². The number of thioether (sulfide) groups is 1. The maximum absolute atomic E-state index is 2.28. The average molecular weight is 317 g/mol. The molecule has 0 aromatic heterocycles. The molecule has 1 unspecified atom stereocenters. The number of quaternary nitrogens is 2. The molecular formula is C19H28N2S+2. The lowest BCUT2D eigenvalue weighted by atomic mass is 10.1. The quantitative estimate of drug-likeness (QED) is 0.694. The first-order valence-electron chi connectivity index (χ1n) is 7.97. The molecule has 118 valence electrons. The van der Waals surface area contributed by atoms with Crippen LogP contribution in [0.25, 0.3) is 0 Å². The van der Waals surface area contributed by atoms with Crippen molar-refractivity contribution in [2.75, 3.05) is 33.4 Å². The zero-order valence-electron chi connectivity index (χ0n) is 13.9. The van der Waals surface area contributed by atoms with Crippen molar-refractivity contribution in [3.8, 4) is 0 Å². The van der Waals surface area contributed by atoms with E-state index in [1.165, 1.54) is 34.0 Å². The molecule has 2 nitrogen and oxygen atoms in total. The lowest BCUT2D eigenvalue weighted by Gasteiger charge is -2.20. The molecule has 0 spiro atoms. The Balaban J connectivity index is 2.02. The second-order valence-electron chi connectivity index (χ2n) is 6.14. The summed E-state index contributed by atoms with van der Waals surface area (Å²) in [5.41, 5.74) is 2.85. The molecule has 0 fully saturated rings. The first-order chi connectivity index (χ1) is 10.7. The highest BCUT2D eigenvalue weighted by Gasteiger charge is 2.12. The monoisotopic (exact) mass is 316 g/mol. The molecule has 0 aliphatic heterocycles. The number of rotatable bonds is 8. The summed E-state index contributed by atoms with van der Waals surface area (Å²) in [7, 11) is 4.46. The van der Waals surface area contributed by atoms with Gasteiger partial charge in [-0.1, -0.05) is 42.5 Å². The van der Waals surface area contributed by atoms with Crippen molar-refractivity contribution in [1.29, 1.82) is 0 Å². The van der Waals surface area contributed by atoms with Gasteiger partial charge in [-0.2, -0.15) is 0 Å². The van der Waals surface area contributed by atoms with E-state index in [2.05, 4.69) is 74.9 Å². The smallest absolute Gasteiger partial charge is 0.127 e. The predicted molar refractivity (Wildman–Crippen MR) is 95.6 cm³/mol. The minimum Gasteiger partial charge on any atom is -0.335 e. The molecule has 0 radical (unpaired) electrons. The molecule has 0 saturated heterocycles. The number of hydrogen-bond acceptors (Lipinski definition) is 1. The lowest BCUT2D eigenvalue weighted by molar-refractivity contribution is -0.960. The van der Waals surface area contributed by atoms with Crippen molar-refractivity contribution in [2.24, 2.45) is 0 Å². The van der Waals surface area contributed by atoms with Crippen LogP contribution in [-0.4, -0.2) is 33.4 Å². The van der Waals surface area contributed by atoms with Crippen molar-refractivity contribution in [3.05, 3.63) is 65.7 Å². The van der Waals surface area contributed by atoms with Crippen LogP contribution in [0.1, 0.15) is 11.1 Å². The summed E-state index contributed by atoms with van der Waals surface area (Å²) in [4.78, 5) is 4.48. The third-order valence-corrected chi connectivity index (χ3v) is 4.63. The highest BCUT2D eigenvalue weighted by atomic mass is 32.2. The summed E-state index contributed by atoms with van der Waals surface area (Å²) in [6.07, 6.45) is 2.13. The van der Waals surface area contributed by atoms with E-state index in [-0.39, 0.29) is 0 Å². The molecule has 0 bridgehead atoms. The van der Waals surface area contributed by atoms with Crippen LogP contribution in [-0.2, 0) is 13.1 Å². The van der Waals surface area contributed by atoms with E-state index in [1.807, 2.05) is 0 Å². The van der Waals surface area contributed by atoms with Gasteiger partial charge in [0.15, 0.2) is 0 Å². The average Bonchev–Trinajstić information content (AvgIpc) is 2.54. The largest absolute Gasteiger partial charge is 0.335 e. The summed E-state index contributed by atoms with van der Waals surface area (Å²) < 4.78 is 0. The normalized spacial score (nSPS) is 12.5. The van der Waals surface area contributed by atoms with Gasteiger partial charge in [0.1, 0.15) is 26.2 Å². The molecule has 22 heavy (non-hydrogen) atoms. The molecule has 0 aliphatic carbocycles. The third-order valence-electron chi connectivity index (χ3n) is 3.89. The number of nitrogens with one attached hydrogen (secondary N) is 2. The molecule has 0 aliphatic rings. The molecule has 0 amide bonds. The van der Waals surface area contributed by atoms with Gasteiger partial charge in [0, 0.05) is 16.0 Å². The van der Waals surface area contributed by atoms with Gasteiger partial charge >= 0.3 is 0 Å². The van der Waals surface area contributed by atoms with Crippen LogP contribution >= 0.6 is 11.8 Å². The van der Waals surface area contributed by atoms with Crippen molar-refractivity contribution >= 4 is 11.8 Å². The molecule has 2 aromatic rings. The minimum atomic E-state index is 1.09. The Morgan fingerprint density at radius 1 is 0.773 bits per heavy atom. The summed E-state index contributed by atoms with van der Waals surface area (Å²) in [5, 5.41) is 0. The molecular weight excluding hydrogens is 288 g/mol. The molecule has 0 heterocycles. The maximum Gasteiger partial charge on any atom is 0.127 e. The van der Waals surface area contributed by atoms with Crippen LogP contribution in [0.4, 0.5) is 0 Å². The van der Waals surface area contributed by atoms with E-state index < -0.39 is 0 Å². The van der Waals surface area contributed by atoms with Crippen molar-refractivity contribution in [3.63, 3.8) is 0 Å². The van der Waals surface area contributed by atoms with Crippen molar-refractivity contribution < 1.29 is 9.80 Å². The fraction of sp³-hybridized carbons (Fsp3) is 0.368. The number of likely N-dealkylation sites (N-methyl/N-ethyl adjacent to an activating group) is 1. The molecule has 3 heteroatoms. The van der Waals surface area contributed by atoms with Crippen LogP contribution in [0, 0.1) is 0 Å². The summed E-state index contributed by atoms with van der Waals surface area (Å²) in [6, 6.07) is 19.9. The van der Waals surface area contributed by atoms with Gasteiger partial charge in [0.25, 0.3) is 0 Å². The second-order valence-corrected chi connectivity index (χ2v) is 7.02.